The molecule has 0 saturated heterocycles. The van der Waals surface area contributed by atoms with Gasteiger partial charge in [-0.1, -0.05) is 0 Å². The second-order valence-corrected chi connectivity index (χ2v) is 4.66. The highest BCUT2D eigenvalue weighted by Gasteiger charge is 2.12. The van der Waals surface area contributed by atoms with Gasteiger partial charge in [-0.3, -0.25) is 0 Å². The Hall–Kier alpha value is -1.97. The monoisotopic (exact) mass is 245 g/mol. The van der Waals surface area contributed by atoms with E-state index in [0.717, 1.165) is 22.6 Å². The van der Waals surface area contributed by atoms with Crippen LogP contribution < -0.4 is 10.5 Å². The van der Waals surface area contributed by atoms with Crippen LogP contribution in [0.4, 0.5) is 5.82 Å². The Labute approximate surface area is 107 Å². The van der Waals surface area contributed by atoms with Crippen molar-refractivity contribution in [3.05, 3.63) is 30.1 Å². The molecule has 1 aromatic heterocycles. The first-order chi connectivity index (χ1) is 8.54. The lowest BCUT2D eigenvalue weighted by atomic mass is 10.1. The Bertz CT molecular complexity index is 558. The SMILES string of the molecule is COc1ccc(-c2ncn(C(C)C)c2N)cc1C. The predicted octanol–water partition coefficient (Wildman–Crippen LogP) is 3.03. The molecule has 0 spiro atoms. The second kappa shape index (κ2) is 4.72. The van der Waals surface area contributed by atoms with E-state index in [0.29, 0.717) is 11.9 Å². The van der Waals surface area contributed by atoms with Crippen LogP contribution >= 0.6 is 0 Å². The highest BCUT2D eigenvalue weighted by atomic mass is 16.5. The number of hydrogen-bond acceptors (Lipinski definition) is 3. The third-order valence-electron chi connectivity index (χ3n) is 3.06. The maximum absolute atomic E-state index is 6.13. The fourth-order valence-electron chi connectivity index (χ4n) is 2.03. The van der Waals surface area contributed by atoms with Crippen LogP contribution in [0.3, 0.4) is 0 Å². The number of methoxy groups -OCH3 is 1. The Balaban J connectivity index is 2.46. The summed E-state index contributed by atoms with van der Waals surface area (Å²) in [7, 11) is 1.67. The number of aryl methyl sites for hydroxylation is 1. The van der Waals surface area contributed by atoms with E-state index < -0.39 is 0 Å². The molecular formula is C14H19N3O. The summed E-state index contributed by atoms with van der Waals surface area (Å²) in [5.74, 6) is 1.58. The molecule has 4 nitrogen and oxygen atoms in total. The number of nitrogens with two attached hydrogens (primary N) is 1. The van der Waals surface area contributed by atoms with Gasteiger partial charge in [-0.25, -0.2) is 4.98 Å². The zero-order chi connectivity index (χ0) is 13.3. The van der Waals surface area contributed by atoms with Crippen molar-refractivity contribution in [1.82, 2.24) is 9.55 Å². The normalized spacial score (nSPS) is 10.9. The number of rotatable bonds is 3. The zero-order valence-electron chi connectivity index (χ0n) is 11.3. The molecule has 4 heteroatoms. The number of nitrogens with zero attached hydrogens (tertiary/aromatic N) is 2. The molecule has 0 bridgehead atoms. The highest BCUT2D eigenvalue weighted by molar-refractivity contribution is 5.71. The van der Waals surface area contributed by atoms with Gasteiger partial charge in [-0.05, 0) is 44.5 Å². The Kier molecular flexibility index (Phi) is 3.28. The summed E-state index contributed by atoms with van der Waals surface area (Å²) in [6.45, 7) is 6.18. The van der Waals surface area contributed by atoms with E-state index in [4.69, 9.17) is 10.5 Å². The molecule has 1 aromatic carbocycles. The zero-order valence-corrected chi connectivity index (χ0v) is 11.3. The van der Waals surface area contributed by atoms with Gasteiger partial charge in [0, 0.05) is 11.6 Å². The standard InChI is InChI=1S/C14H19N3O/c1-9(2)17-8-16-13(14(17)15)11-5-6-12(18-4)10(3)7-11/h5-9H,15H2,1-4H3. The summed E-state index contributed by atoms with van der Waals surface area (Å²) < 4.78 is 7.22. The Morgan fingerprint density at radius 1 is 1.33 bits per heavy atom. The van der Waals surface area contributed by atoms with Crippen LogP contribution in [0.25, 0.3) is 11.3 Å². The summed E-state index contributed by atoms with van der Waals surface area (Å²) in [5, 5.41) is 0. The van der Waals surface area contributed by atoms with E-state index in [-0.39, 0.29) is 0 Å². The topological polar surface area (TPSA) is 53.1 Å². The van der Waals surface area contributed by atoms with E-state index in [1.165, 1.54) is 0 Å². The van der Waals surface area contributed by atoms with Crippen LogP contribution in [-0.4, -0.2) is 16.7 Å². The molecule has 2 aromatic rings. The van der Waals surface area contributed by atoms with E-state index in [1.807, 2.05) is 29.7 Å². The Morgan fingerprint density at radius 3 is 2.56 bits per heavy atom. The van der Waals surface area contributed by atoms with Gasteiger partial charge in [0.15, 0.2) is 0 Å². The van der Waals surface area contributed by atoms with Crippen molar-refractivity contribution < 1.29 is 4.74 Å². The molecule has 2 N–H and O–H groups in total. The first-order valence-electron chi connectivity index (χ1n) is 6.02. The molecule has 2 rings (SSSR count). The number of benzene rings is 1. The van der Waals surface area contributed by atoms with Gasteiger partial charge in [-0.2, -0.15) is 0 Å². The fraction of sp³-hybridized carbons (Fsp3) is 0.357. The molecular weight excluding hydrogens is 226 g/mol. The van der Waals surface area contributed by atoms with Crippen molar-refractivity contribution >= 4 is 5.82 Å². The Morgan fingerprint density at radius 2 is 2.06 bits per heavy atom. The molecule has 0 aliphatic carbocycles. The minimum Gasteiger partial charge on any atom is -0.496 e. The molecule has 0 aliphatic rings. The lowest BCUT2D eigenvalue weighted by Gasteiger charge is -2.10. The molecule has 0 amide bonds. The average Bonchev–Trinajstić information content (AvgIpc) is 2.71. The van der Waals surface area contributed by atoms with Gasteiger partial charge in [0.05, 0.1) is 13.4 Å². The third-order valence-corrected chi connectivity index (χ3v) is 3.06. The summed E-state index contributed by atoms with van der Waals surface area (Å²) in [4.78, 5) is 4.40. The molecule has 0 atom stereocenters. The quantitative estimate of drug-likeness (QED) is 0.904. The van der Waals surface area contributed by atoms with Crippen LogP contribution in [0.2, 0.25) is 0 Å². The molecule has 0 unspecified atom stereocenters. The van der Waals surface area contributed by atoms with Gasteiger partial charge >= 0.3 is 0 Å². The molecule has 96 valence electrons. The molecule has 0 radical (unpaired) electrons. The maximum atomic E-state index is 6.13. The first-order valence-corrected chi connectivity index (χ1v) is 6.02. The van der Waals surface area contributed by atoms with E-state index in [9.17, 15) is 0 Å². The molecule has 0 fully saturated rings. The van der Waals surface area contributed by atoms with Crippen LogP contribution in [0.5, 0.6) is 5.75 Å². The second-order valence-electron chi connectivity index (χ2n) is 4.66. The lowest BCUT2D eigenvalue weighted by Crippen LogP contribution is -2.04. The van der Waals surface area contributed by atoms with Gasteiger partial charge < -0.3 is 15.0 Å². The molecule has 0 aliphatic heterocycles. The first kappa shape index (κ1) is 12.5. The fourth-order valence-corrected chi connectivity index (χ4v) is 2.03. The van der Waals surface area contributed by atoms with Gasteiger partial charge in [0.25, 0.3) is 0 Å². The number of ether oxygens (including phenoxy) is 1. The van der Waals surface area contributed by atoms with Crippen molar-refractivity contribution in [3.8, 4) is 17.0 Å². The molecule has 18 heavy (non-hydrogen) atoms. The third kappa shape index (κ3) is 2.06. The van der Waals surface area contributed by atoms with Crippen LogP contribution in [0.15, 0.2) is 24.5 Å². The largest absolute Gasteiger partial charge is 0.496 e. The number of aromatic nitrogens is 2. The van der Waals surface area contributed by atoms with Crippen molar-refractivity contribution in [2.24, 2.45) is 0 Å². The van der Waals surface area contributed by atoms with Crippen molar-refractivity contribution in [1.29, 1.82) is 0 Å². The van der Waals surface area contributed by atoms with Crippen molar-refractivity contribution in [2.45, 2.75) is 26.8 Å². The van der Waals surface area contributed by atoms with Gasteiger partial charge in [0.1, 0.15) is 17.3 Å². The van der Waals surface area contributed by atoms with E-state index in [2.05, 4.69) is 18.8 Å². The van der Waals surface area contributed by atoms with Crippen LogP contribution in [0, 0.1) is 6.92 Å². The average molecular weight is 245 g/mol. The summed E-state index contributed by atoms with van der Waals surface area (Å²) in [5.41, 5.74) is 9.05. The predicted molar refractivity (Wildman–Crippen MR) is 73.7 cm³/mol. The lowest BCUT2D eigenvalue weighted by molar-refractivity contribution is 0.412. The van der Waals surface area contributed by atoms with Crippen molar-refractivity contribution in [2.75, 3.05) is 12.8 Å². The van der Waals surface area contributed by atoms with Crippen LogP contribution in [-0.2, 0) is 0 Å². The summed E-state index contributed by atoms with van der Waals surface area (Å²) in [6, 6.07) is 6.28. The minimum atomic E-state index is 0.311. The maximum Gasteiger partial charge on any atom is 0.131 e. The molecule has 0 saturated carbocycles. The summed E-state index contributed by atoms with van der Waals surface area (Å²) in [6.07, 6.45) is 1.79. The minimum absolute atomic E-state index is 0.311. The van der Waals surface area contributed by atoms with Gasteiger partial charge in [0.2, 0.25) is 0 Å². The summed E-state index contributed by atoms with van der Waals surface area (Å²) >= 11 is 0. The molecule has 1 heterocycles. The van der Waals surface area contributed by atoms with Gasteiger partial charge in [-0.15, -0.1) is 0 Å². The highest BCUT2D eigenvalue weighted by Crippen LogP contribution is 2.29. The van der Waals surface area contributed by atoms with Crippen LogP contribution in [0.1, 0.15) is 25.5 Å². The van der Waals surface area contributed by atoms with E-state index in [1.54, 1.807) is 13.4 Å². The number of hydrogen-bond donors (Lipinski definition) is 1. The number of imidazole rings is 1. The number of anilines is 1. The smallest absolute Gasteiger partial charge is 0.131 e. The number of nitrogen functional groups attached to an aromatic ring is 1. The van der Waals surface area contributed by atoms with Crippen molar-refractivity contribution in [3.63, 3.8) is 0 Å². The van der Waals surface area contributed by atoms with E-state index >= 15 is 0 Å².